The molecule has 2 aliphatic heterocycles. The molecule has 1 spiro atoms. The van der Waals surface area contributed by atoms with Crippen LogP contribution in [0.1, 0.15) is 38.5 Å². The molecule has 3 aliphatic rings. The van der Waals surface area contributed by atoms with Gasteiger partial charge in [-0.25, -0.2) is 4.98 Å². The molecule has 1 saturated carbocycles. The van der Waals surface area contributed by atoms with E-state index >= 15 is 0 Å². The molecule has 1 amide bonds. The summed E-state index contributed by atoms with van der Waals surface area (Å²) in [7, 11) is 0. The van der Waals surface area contributed by atoms with Crippen molar-refractivity contribution < 1.29 is 4.79 Å². The van der Waals surface area contributed by atoms with Crippen molar-refractivity contribution in [2.45, 2.75) is 38.5 Å². The Balaban J connectivity index is 1.35. The van der Waals surface area contributed by atoms with Gasteiger partial charge in [0.05, 0.1) is 15.6 Å². The van der Waals surface area contributed by atoms with Gasteiger partial charge >= 0.3 is 0 Å². The highest BCUT2D eigenvalue weighted by Crippen LogP contribution is 2.43. The Morgan fingerprint density at radius 3 is 2.84 bits per heavy atom. The lowest BCUT2D eigenvalue weighted by molar-refractivity contribution is -0.146. The number of nitrogens with zero attached hydrogens (tertiary/aromatic N) is 3. The Morgan fingerprint density at radius 2 is 2.04 bits per heavy atom. The van der Waals surface area contributed by atoms with E-state index in [2.05, 4.69) is 28.0 Å². The predicted molar refractivity (Wildman–Crippen MR) is 102 cm³/mol. The van der Waals surface area contributed by atoms with Gasteiger partial charge in [0.25, 0.3) is 0 Å². The van der Waals surface area contributed by atoms with Crippen molar-refractivity contribution in [2.75, 3.05) is 31.1 Å². The number of hydrogen-bond acceptors (Lipinski definition) is 4. The smallest absolute Gasteiger partial charge is 0.230 e. The summed E-state index contributed by atoms with van der Waals surface area (Å²) in [6.45, 7) is 3.79. The Hall–Kier alpha value is -1.62. The molecule has 5 heteroatoms. The normalized spacial score (nSPS) is 27.4. The number of carbonyl (C=O) groups is 1. The molecule has 1 aromatic carbocycles. The van der Waals surface area contributed by atoms with Crippen LogP contribution in [0.3, 0.4) is 0 Å². The van der Waals surface area contributed by atoms with Gasteiger partial charge in [-0.05, 0) is 50.2 Å². The van der Waals surface area contributed by atoms with Crippen LogP contribution in [-0.2, 0) is 4.79 Å². The molecule has 1 unspecified atom stereocenters. The number of carbonyl (C=O) groups excluding carboxylic acids is 1. The van der Waals surface area contributed by atoms with Crippen LogP contribution in [0.5, 0.6) is 0 Å². The van der Waals surface area contributed by atoms with Crippen molar-refractivity contribution in [3.05, 3.63) is 24.3 Å². The lowest BCUT2D eigenvalue weighted by Crippen LogP contribution is -2.51. The number of thiazole rings is 1. The molecule has 2 aromatic rings. The monoisotopic (exact) mass is 355 g/mol. The summed E-state index contributed by atoms with van der Waals surface area (Å²) in [5.74, 6) is 1.19. The third-order valence-corrected chi connectivity index (χ3v) is 7.53. The summed E-state index contributed by atoms with van der Waals surface area (Å²) in [5, 5.41) is 1.09. The van der Waals surface area contributed by atoms with E-state index in [1.54, 1.807) is 11.3 Å². The van der Waals surface area contributed by atoms with E-state index in [9.17, 15) is 4.79 Å². The molecule has 0 bridgehead atoms. The third-order valence-electron chi connectivity index (χ3n) is 6.43. The van der Waals surface area contributed by atoms with E-state index in [-0.39, 0.29) is 5.41 Å². The summed E-state index contributed by atoms with van der Waals surface area (Å²) in [6, 6.07) is 8.32. The molecule has 5 rings (SSSR count). The molecule has 25 heavy (non-hydrogen) atoms. The average Bonchev–Trinajstić information content (AvgIpc) is 3.19. The van der Waals surface area contributed by atoms with Crippen molar-refractivity contribution in [1.29, 1.82) is 0 Å². The van der Waals surface area contributed by atoms with Crippen LogP contribution in [0.4, 0.5) is 5.13 Å². The van der Waals surface area contributed by atoms with Gasteiger partial charge in [0, 0.05) is 26.2 Å². The number of hydrogen-bond donors (Lipinski definition) is 0. The van der Waals surface area contributed by atoms with E-state index in [0.29, 0.717) is 5.91 Å². The van der Waals surface area contributed by atoms with Crippen molar-refractivity contribution >= 4 is 32.6 Å². The molecule has 132 valence electrons. The maximum Gasteiger partial charge on any atom is 0.230 e. The molecule has 1 atom stereocenters. The topological polar surface area (TPSA) is 36.4 Å². The Labute approximate surface area is 152 Å². The van der Waals surface area contributed by atoms with E-state index in [0.717, 1.165) is 62.0 Å². The minimum atomic E-state index is -0.153. The summed E-state index contributed by atoms with van der Waals surface area (Å²) >= 11 is 1.76. The van der Waals surface area contributed by atoms with E-state index in [4.69, 9.17) is 4.98 Å². The standard InChI is InChI=1S/C20H25N3OS/c24-18-20(9-4-11-22(18)13-15-5-3-6-15)10-12-23(14-20)19-21-16-7-1-2-8-17(16)25-19/h1-2,7-8,15H,3-6,9-14H2. The highest BCUT2D eigenvalue weighted by Gasteiger charge is 2.49. The molecule has 0 N–H and O–H groups in total. The fourth-order valence-electron chi connectivity index (χ4n) is 4.72. The van der Waals surface area contributed by atoms with Crippen LogP contribution in [0.2, 0.25) is 0 Å². The number of piperidine rings is 1. The predicted octanol–water partition coefficient (Wildman–Crippen LogP) is 3.92. The van der Waals surface area contributed by atoms with Gasteiger partial charge in [-0.3, -0.25) is 4.79 Å². The number of amides is 1. The molecule has 4 nitrogen and oxygen atoms in total. The number of benzene rings is 1. The second-order valence-electron chi connectivity index (χ2n) is 8.07. The van der Waals surface area contributed by atoms with Crippen molar-refractivity contribution in [3.8, 4) is 0 Å². The van der Waals surface area contributed by atoms with Crippen molar-refractivity contribution in [2.24, 2.45) is 11.3 Å². The van der Waals surface area contributed by atoms with Gasteiger partial charge in [-0.1, -0.05) is 29.9 Å². The van der Waals surface area contributed by atoms with Crippen LogP contribution in [0, 0.1) is 11.3 Å². The van der Waals surface area contributed by atoms with Crippen LogP contribution >= 0.6 is 11.3 Å². The Morgan fingerprint density at radius 1 is 1.16 bits per heavy atom. The number of likely N-dealkylation sites (tertiary alicyclic amines) is 1. The van der Waals surface area contributed by atoms with E-state index < -0.39 is 0 Å². The van der Waals surface area contributed by atoms with Crippen LogP contribution in [0.25, 0.3) is 10.2 Å². The minimum absolute atomic E-state index is 0.153. The molecule has 1 aromatic heterocycles. The molecule has 0 radical (unpaired) electrons. The summed E-state index contributed by atoms with van der Waals surface area (Å²) in [4.78, 5) is 22.6. The maximum atomic E-state index is 13.3. The molecule has 1 aliphatic carbocycles. The van der Waals surface area contributed by atoms with Gasteiger partial charge in [0.15, 0.2) is 5.13 Å². The van der Waals surface area contributed by atoms with Crippen LogP contribution in [-0.4, -0.2) is 42.0 Å². The number of para-hydroxylation sites is 1. The molecule has 3 heterocycles. The SMILES string of the molecule is O=C1N(CC2CCC2)CCCC12CCN(c1nc3ccccc3s1)C2. The van der Waals surface area contributed by atoms with E-state index in [1.807, 2.05) is 6.07 Å². The van der Waals surface area contributed by atoms with Gasteiger partial charge in [0.2, 0.25) is 5.91 Å². The fraction of sp³-hybridized carbons (Fsp3) is 0.600. The second kappa shape index (κ2) is 5.97. The quantitative estimate of drug-likeness (QED) is 0.837. The van der Waals surface area contributed by atoms with Crippen molar-refractivity contribution in [1.82, 2.24) is 9.88 Å². The molecule has 3 fully saturated rings. The number of anilines is 1. The first kappa shape index (κ1) is 15.6. The van der Waals surface area contributed by atoms with Gasteiger partial charge in [0.1, 0.15) is 0 Å². The zero-order valence-corrected chi connectivity index (χ0v) is 15.4. The summed E-state index contributed by atoms with van der Waals surface area (Å²) in [6.07, 6.45) is 7.18. The number of fused-ring (bicyclic) bond motifs is 1. The van der Waals surface area contributed by atoms with Crippen molar-refractivity contribution in [3.63, 3.8) is 0 Å². The maximum absolute atomic E-state index is 13.3. The highest BCUT2D eigenvalue weighted by molar-refractivity contribution is 7.22. The fourth-order valence-corrected chi connectivity index (χ4v) is 5.71. The average molecular weight is 356 g/mol. The van der Waals surface area contributed by atoms with Crippen LogP contribution in [0.15, 0.2) is 24.3 Å². The molecular formula is C20H25N3OS. The molecule has 2 saturated heterocycles. The van der Waals surface area contributed by atoms with Gasteiger partial charge < -0.3 is 9.80 Å². The lowest BCUT2D eigenvalue weighted by Gasteiger charge is -2.42. The first-order chi connectivity index (χ1) is 12.2. The van der Waals surface area contributed by atoms with Gasteiger partial charge in [-0.15, -0.1) is 0 Å². The zero-order chi connectivity index (χ0) is 16.9. The highest BCUT2D eigenvalue weighted by atomic mass is 32.1. The third kappa shape index (κ3) is 2.64. The summed E-state index contributed by atoms with van der Waals surface area (Å²) in [5.41, 5.74) is 0.921. The second-order valence-corrected chi connectivity index (χ2v) is 9.08. The van der Waals surface area contributed by atoms with Gasteiger partial charge in [-0.2, -0.15) is 0 Å². The molecular weight excluding hydrogens is 330 g/mol. The first-order valence-corrected chi connectivity index (χ1v) is 10.5. The number of aromatic nitrogens is 1. The largest absolute Gasteiger partial charge is 0.347 e. The Kier molecular flexibility index (Phi) is 3.73. The first-order valence-electron chi connectivity index (χ1n) is 9.63. The Bertz CT molecular complexity index is 766. The van der Waals surface area contributed by atoms with E-state index in [1.165, 1.54) is 24.0 Å². The lowest BCUT2D eigenvalue weighted by atomic mass is 9.77. The zero-order valence-electron chi connectivity index (χ0n) is 14.6. The van der Waals surface area contributed by atoms with Crippen LogP contribution < -0.4 is 4.90 Å². The number of rotatable bonds is 3. The summed E-state index contributed by atoms with van der Waals surface area (Å²) < 4.78 is 1.24. The minimum Gasteiger partial charge on any atom is -0.347 e.